The Hall–Kier alpha value is -8.79. The summed E-state index contributed by atoms with van der Waals surface area (Å²) in [7, 11) is 0. The first-order valence-electron chi connectivity index (χ1n) is 22.4. The van der Waals surface area contributed by atoms with E-state index in [0.717, 1.165) is 106 Å². The van der Waals surface area contributed by atoms with Crippen molar-refractivity contribution in [1.82, 2.24) is 15.0 Å². The van der Waals surface area contributed by atoms with E-state index in [1.807, 2.05) is 18.2 Å². The van der Waals surface area contributed by atoms with Gasteiger partial charge < -0.3 is 0 Å². The number of aromatic nitrogens is 3. The van der Waals surface area contributed by atoms with Gasteiger partial charge in [-0.3, -0.25) is 0 Å². The minimum Gasteiger partial charge on any atom is -0.246 e. The molecule has 0 bridgehead atoms. The first kappa shape index (κ1) is 40.0. The maximum absolute atomic E-state index is 5.65. The number of benzene rings is 9. The van der Waals surface area contributed by atoms with Gasteiger partial charge in [-0.2, -0.15) is 0 Å². The molecule has 2 heterocycles. The van der Waals surface area contributed by atoms with E-state index in [9.17, 15) is 0 Å². The lowest BCUT2D eigenvalue weighted by atomic mass is 9.82. The third-order valence-corrected chi connectivity index (χ3v) is 12.1. The summed E-state index contributed by atoms with van der Waals surface area (Å²) in [6.07, 6.45) is 0. The lowest BCUT2D eigenvalue weighted by Crippen LogP contribution is -2.01. The summed E-state index contributed by atoms with van der Waals surface area (Å²) in [6.45, 7) is 0. The second-order valence-electron chi connectivity index (χ2n) is 16.3. The third-order valence-electron chi connectivity index (χ3n) is 12.1. The van der Waals surface area contributed by atoms with Gasteiger partial charge in [0.2, 0.25) is 0 Å². The summed E-state index contributed by atoms with van der Waals surface area (Å²) < 4.78 is 0. The summed E-state index contributed by atoms with van der Waals surface area (Å²) >= 11 is 0. The molecule has 0 atom stereocenters. The molecule has 3 heteroatoms. The van der Waals surface area contributed by atoms with Gasteiger partial charge in [0.05, 0.1) is 22.8 Å². The Morgan fingerprint density at radius 2 is 0.561 bits per heavy atom. The molecule has 0 aliphatic rings. The van der Waals surface area contributed by atoms with Crippen LogP contribution in [0, 0.1) is 0 Å². The topological polar surface area (TPSA) is 38.7 Å². The maximum Gasteiger partial charge on any atom is 0.160 e. The second kappa shape index (κ2) is 18.1. The van der Waals surface area contributed by atoms with E-state index in [1.54, 1.807) is 0 Å². The van der Waals surface area contributed by atoms with Crippen molar-refractivity contribution in [3.05, 3.63) is 261 Å². The van der Waals surface area contributed by atoms with E-state index in [1.165, 1.54) is 0 Å². The molecule has 310 valence electrons. The van der Waals surface area contributed by atoms with Gasteiger partial charge in [0, 0.05) is 44.5 Å². The van der Waals surface area contributed by atoms with Crippen molar-refractivity contribution < 1.29 is 0 Å². The number of hydrogen-bond acceptors (Lipinski definition) is 3. The van der Waals surface area contributed by atoms with Crippen molar-refractivity contribution in [2.75, 3.05) is 0 Å². The lowest BCUT2D eigenvalue weighted by molar-refractivity contribution is 1.18. The highest BCUT2D eigenvalue weighted by molar-refractivity contribution is 6.05. The molecule has 0 unspecified atom stereocenters. The fourth-order valence-corrected chi connectivity index (χ4v) is 8.99. The molecule has 11 rings (SSSR count). The quantitative estimate of drug-likeness (QED) is 0.138. The molecule has 0 aliphatic carbocycles. The zero-order chi connectivity index (χ0) is 44.1. The smallest absolute Gasteiger partial charge is 0.160 e. The molecule has 0 saturated heterocycles. The minimum absolute atomic E-state index is 0.682. The molecule has 0 radical (unpaired) electrons. The van der Waals surface area contributed by atoms with Crippen molar-refractivity contribution in [2.45, 2.75) is 0 Å². The van der Waals surface area contributed by atoms with Crippen LogP contribution < -0.4 is 0 Å². The van der Waals surface area contributed by atoms with Crippen LogP contribution in [0.5, 0.6) is 0 Å². The van der Waals surface area contributed by atoms with Crippen LogP contribution in [-0.2, 0) is 0 Å². The summed E-state index contributed by atoms with van der Waals surface area (Å²) in [4.78, 5) is 16.1. The molecule has 9 aromatic carbocycles. The monoisotopic (exact) mass is 841 g/mol. The Kier molecular flexibility index (Phi) is 11.0. The fourth-order valence-electron chi connectivity index (χ4n) is 8.99. The van der Waals surface area contributed by atoms with Crippen LogP contribution in [0.2, 0.25) is 0 Å². The Labute approximate surface area is 386 Å². The number of rotatable bonds is 10. The van der Waals surface area contributed by atoms with Gasteiger partial charge in [-0.05, 0) is 57.1 Å². The first-order valence-corrected chi connectivity index (χ1v) is 22.4. The zero-order valence-corrected chi connectivity index (χ0v) is 36.2. The van der Waals surface area contributed by atoms with Crippen LogP contribution in [0.1, 0.15) is 0 Å². The SMILES string of the molecule is c1ccc(-c2nc(-c3cccc(-c4cccc(-c5c(-c6ccccc6)c(-c6ccccc6)nc(-c6ccccc6)c5-c5ccccc5)c4)c3)cc(-c3ccccc3-c3ccccc3)n2)cc1. The zero-order valence-electron chi connectivity index (χ0n) is 36.2. The van der Waals surface area contributed by atoms with E-state index in [4.69, 9.17) is 15.0 Å². The Morgan fingerprint density at radius 1 is 0.197 bits per heavy atom. The van der Waals surface area contributed by atoms with Crippen molar-refractivity contribution in [2.24, 2.45) is 0 Å². The number of hydrogen-bond donors (Lipinski definition) is 0. The lowest BCUT2D eigenvalue weighted by Gasteiger charge is -2.23. The van der Waals surface area contributed by atoms with Crippen LogP contribution in [0.3, 0.4) is 0 Å². The molecule has 11 aromatic rings. The Bertz CT molecular complexity index is 3330. The van der Waals surface area contributed by atoms with Gasteiger partial charge in [-0.15, -0.1) is 0 Å². The highest BCUT2D eigenvalue weighted by Gasteiger charge is 2.25. The molecule has 0 saturated carbocycles. The summed E-state index contributed by atoms with van der Waals surface area (Å²) in [6, 6.07) is 91.7. The van der Waals surface area contributed by atoms with Gasteiger partial charge in [0.1, 0.15) is 0 Å². The molecular formula is C63H43N3. The van der Waals surface area contributed by atoms with Gasteiger partial charge >= 0.3 is 0 Å². The van der Waals surface area contributed by atoms with E-state index >= 15 is 0 Å². The summed E-state index contributed by atoms with van der Waals surface area (Å²) in [5, 5.41) is 0. The molecule has 0 spiro atoms. The maximum atomic E-state index is 5.65. The van der Waals surface area contributed by atoms with E-state index in [0.29, 0.717) is 5.82 Å². The largest absolute Gasteiger partial charge is 0.246 e. The van der Waals surface area contributed by atoms with Gasteiger partial charge in [-0.25, -0.2) is 15.0 Å². The number of nitrogens with zero attached hydrogens (tertiary/aromatic N) is 3. The van der Waals surface area contributed by atoms with Crippen molar-refractivity contribution in [3.63, 3.8) is 0 Å². The first-order chi connectivity index (χ1) is 32.7. The fraction of sp³-hybridized carbons (Fsp3) is 0. The minimum atomic E-state index is 0.682. The van der Waals surface area contributed by atoms with Crippen LogP contribution in [0.4, 0.5) is 0 Å². The molecule has 3 nitrogen and oxygen atoms in total. The average molecular weight is 842 g/mol. The third kappa shape index (κ3) is 8.02. The van der Waals surface area contributed by atoms with Crippen LogP contribution in [0.25, 0.3) is 112 Å². The summed E-state index contributed by atoms with van der Waals surface area (Å²) in [5.41, 5.74) is 19.8. The van der Waals surface area contributed by atoms with E-state index in [-0.39, 0.29) is 0 Å². The molecule has 0 amide bonds. The van der Waals surface area contributed by atoms with Crippen molar-refractivity contribution >= 4 is 0 Å². The standard InChI is InChI=1S/C63H43N3/c1-7-23-44(24-8-1)54-39-19-20-40-55(54)57-43-56(64-63(65-57)49-33-17-6-18-34-49)52-37-21-35-50(41-52)51-36-22-38-53(42-51)58-59(45-25-9-2-10-26-45)61(47-29-13-4-14-30-47)66-62(48-31-15-5-16-32-48)60(58)46-27-11-3-12-28-46/h1-43H. The molecular weight excluding hydrogens is 799 g/mol. The summed E-state index contributed by atoms with van der Waals surface area (Å²) in [5.74, 6) is 0.682. The van der Waals surface area contributed by atoms with E-state index < -0.39 is 0 Å². The van der Waals surface area contributed by atoms with Crippen molar-refractivity contribution in [3.8, 4) is 112 Å². The molecule has 0 N–H and O–H groups in total. The van der Waals surface area contributed by atoms with Gasteiger partial charge in [0.15, 0.2) is 5.82 Å². The van der Waals surface area contributed by atoms with Crippen molar-refractivity contribution in [1.29, 1.82) is 0 Å². The molecule has 0 fully saturated rings. The van der Waals surface area contributed by atoms with Crippen LogP contribution in [-0.4, -0.2) is 15.0 Å². The Balaban J connectivity index is 1.12. The second-order valence-corrected chi connectivity index (χ2v) is 16.3. The van der Waals surface area contributed by atoms with Crippen LogP contribution in [0.15, 0.2) is 261 Å². The highest BCUT2D eigenvalue weighted by Crippen LogP contribution is 2.49. The van der Waals surface area contributed by atoms with Gasteiger partial charge in [0.25, 0.3) is 0 Å². The molecule has 2 aromatic heterocycles. The highest BCUT2D eigenvalue weighted by atomic mass is 14.9. The predicted molar refractivity (Wildman–Crippen MR) is 274 cm³/mol. The van der Waals surface area contributed by atoms with E-state index in [2.05, 4.69) is 243 Å². The predicted octanol–water partition coefficient (Wildman–Crippen LogP) is 16.5. The van der Waals surface area contributed by atoms with Crippen LogP contribution >= 0.6 is 0 Å². The van der Waals surface area contributed by atoms with Gasteiger partial charge in [-0.1, -0.05) is 243 Å². The Morgan fingerprint density at radius 3 is 1.08 bits per heavy atom. The molecule has 0 aliphatic heterocycles. The molecule has 66 heavy (non-hydrogen) atoms. The number of pyridine rings is 1. The normalized spacial score (nSPS) is 11.0. The average Bonchev–Trinajstić information content (AvgIpc) is 3.41.